The molecule has 0 bridgehead atoms. The number of rotatable bonds is 4. The van der Waals surface area contributed by atoms with E-state index in [-0.39, 0.29) is 6.42 Å². The molecule has 5 nitrogen and oxygen atoms in total. The van der Waals surface area contributed by atoms with Gasteiger partial charge in [0.2, 0.25) is 0 Å². The van der Waals surface area contributed by atoms with Crippen molar-refractivity contribution >= 4 is 17.9 Å². The van der Waals surface area contributed by atoms with Crippen LogP contribution in [0.2, 0.25) is 0 Å². The maximum absolute atomic E-state index is 11.0. The van der Waals surface area contributed by atoms with Crippen molar-refractivity contribution < 1.29 is 23.9 Å². The SMILES string of the molecule is CCCC(=O)OC(C)C(=O)OC(C)=O. The van der Waals surface area contributed by atoms with Crippen molar-refractivity contribution in [3.63, 3.8) is 0 Å². The molecular weight excluding hydrogens is 188 g/mol. The van der Waals surface area contributed by atoms with Gasteiger partial charge in [-0.2, -0.15) is 0 Å². The Morgan fingerprint density at radius 2 is 1.86 bits per heavy atom. The Morgan fingerprint density at radius 3 is 2.29 bits per heavy atom. The molecule has 0 aromatic carbocycles. The normalized spacial score (nSPS) is 11.6. The van der Waals surface area contributed by atoms with Gasteiger partial charge in [0.05, 0.1) is 0 Å². The Morgan fingerprint density at radius 1 is 1.29 bits per heavy atom. The lowest BCUT2D eigenvalue weighted by Crippen LogP contribution is -2.27. The molecule has 0 N–H and O–H groups in total. The van der Waals surface area contributed by atoms with Crippen LogP contribution in [-0.4, -0.2) is 24.0 Å². The molecular formula is C9H14O5. The lowest BCUT2D eigenvalue weighted by molar-refractivity contribution is -0.172. The van der Waals surface area contributed by atoms with E-state index in [1.54, 1.807) is 0 Å². The third-order valence-corrected chi connectivity index (χ3v) is 1.34. The van der Waals surface area contributed by atoms with E-state index in [2.05, 4.69) is 9.47 Å². The molecule has 5 heteroatoms. The minimum Gasteiger partial charge on any atom is -0.451 e. The van der Waals surface area contributed by atoms with Gasteiger partial charge in [-0.25, -0.2) is 4.79 Å². The summed E-state index contributed by atoms with van der Waals surface area (Å²) in [5.74, 6) is -2.03. The second-order valence-electron chi connectivity index (χ2n) is 2.79. The molecule has 1 atom stereocenters. The molecule has 1 unspecified atom stereocenters. The van der Waals surface area contributed by atoms with Crippen LogP contribution in [0.4, 0.5) is 0 Å². The summed E-state index contributed by atoms with van der Waals surface area (Å²) in [6, 6.07) is 0. The van der Waals surface area contributed by atoms with E-state index >= 15 is 0 Å². The molecule has 0 aliphatic rings. The van der Waals surface area contributed by atoms with Crippen LogP contribution >= 0.6 is 0 Å². The summed E-state index contributed by atoms with van der Waals surface area (Å²) in [4.78, 5) is 32.3. The number of carbonyl (C=O) groups excluding carboxylic acids is 3. The van der Waals surface area contributed by atoms with Crippen molar-refractivity contribution in [2.75, 3.05) is 0 Å². The van der Waals surface area contributed by atoms with Crippen LogP contribution in [0.3, 0.4) is 0 Å². The monoisotopic (exact) mass is 202 g/mol. The van der Waals surface area contributed by atoms with Crippen LogP contribution < -0.4 is 0 Å². The fourth-order valence-corrected chi connectivity index (χ4v) is 0.733. The van der Waals surface area contributed by atoms with Crippen molar-refractivity contribution in [3.05, 3.63) is 0 Å². The fourth-order valence-electron chi connectivity index (χ4n) is 0.733. The first kappa shape index (κ1) is 12.6. The third kappa shape index (κ3) is 5.29. The van der Waals surface area contributed by atoms with E-state index in [0.29, 0.717) is 6.42 Å². The summed E-state index contributed by atoms with van der Waals surface area (Å²) < 4.78 is 8.92. The van der Waals surface area contributed by atoms with E-state index in [0.717, 1.165) is 6.92 Å². The summed E-state index contributed by atoms with van der Waals surface area (Å²) in [7, 11) is 0. The van der Waals surface area contributed by atoms with Gasteiger partial charge in [0, 0.05) is 13.3 Å². The van der Waals surface area contributed by atoms with Crippen LogP contribution in [0.15, 0.2) is 0 Å². The Balaban J connectivity index is 3.94. The molecule has 0 heterocycles. The van der Waals surface area contributed by atoms with Crippen molar-refractivity contribution in [3.8, 4) is 0 Å². The molecule has 0 fully saturated rings. The standard InChI is InChI=1S/C9H14O5/c1-4-5-8(11)13-6(2)9(12)14-7(3)10/h6H,4-5H2,1-3H3. The molecule has 0 saturated carbocycles. The zero-order valence-electron chi connectivity index (χ0n) is 8.53. The summed E-state index contributed by atoms with van der Waals surface area (Å²) in [6.45, 7) is 4.29. The van der Waals surface area contributed by atoms with Gasteiger partial charge >= 0.3 is 17.9 Å². The van der Waals surface area contributed by atoms with Gasteiger partial charge in [-0.15, -0.1) is 0 Å². The smallest absolute Gasteiger partial charge is 0.354 e. The maximum Gasteiger partial charge on any atom is 0.354 e. The van der Waals surface area contributed by atoms with Gasteiger partial charge in [-0.3, -0.25) is 9.59 Å². The predicted octanol–water partition coefficient (Wildman–Crippen LogP) is 0.808. The van der Waals surface area contributed by atoms with Gasteiger partial charge in [-0.05, 0) is 13.3 Å². The number of ether oxygens (including phenoxy) is 2. The first-order chi connectivity index (χ1) is 6.47. The van der Waals surface area contributed by atoms with E-state index in [9.17, 15) is 14.4 Å². The average Bonchev–Trinajstić information content (AvgIpc) is 2.02. The molecule has 0 radical (unpaired) electrons. The van der Waals surface area contributed by atoms with Crippen molar-refractivity contribution in [1.82, 2.24) is 0 Å². The lowest BCUT2D eigenvalue weighted by Gasteiger charge is -2.10. The van der Waals surface area contributed by atoms with E-state index in [1.165, 1.54) is 6.92 Å². The molecule has 0 rings (SSSR count). The van der Waals surface area contributed by atoms with E-state index < -0.39 is 24.0 Å². The predicted molar refractivity (Wildman–Crippen MR) is 47.2 cm³/mol. The molecule has 0 aliphatic carbocycles. The number of hydrogen-bond donors (Lipinski definition) is 0. The summed E-state index contributed by atoms with van der Waals surface area (Å²) in [5, 5.41) is 0. The van der Waals surface area contributed by atoms with Crippen LogP contribution in [0, 0.1) is 0 Å². The number of hydrogen-bond acceptors (Lipinski definition) is 5. The Labute approximate surface area is 82.4 Å². The highest BCUT2D eigenvalue weighted by Gasteiger charge is 2.20. The van der Waals surface area contributed by atoms with Gasteiger partial charge in [0.25, 0.3) is 0 Å². The largest absolute Gasteiger partial charge is 0.451 e. The first-order valence-electron chi connectivity index (χ1n) is 4.39. The molecule has 0 aromatic heterocycles. The van der Waals surface area contributed by atoms with Crippen LogP contribution in [0.1, 0.15) is 33.6 Å². The maximum atomic E-state index is 11.0. The Bertz CT molecular complexity index is 233. The van der Waals surface area contributed by atoms with Crippen molar-refractivity contribution in [2.24, 2.45) is 0 Å². The Kier molecular flexibility index (Phi) is 5.52. The molecule has 0 spiro atoms. The molecule has 0 aromatic rings. The Hall–Kier alpha value is -1.39. The molecule has 80 valence electrons. The molecule has 0 amide bonds. The van der Waals surface area contributed by atoms with Crippen LogP contribution in [0.5, 0.6) is 0 Å². The van der Waals surface area contributed by atoms with E-state index in [1.807, 2.05) is 6.92 Å². The zero-order chi connectivity index (χ0) is 11.1. The topological polar surface area (TPSA) is 69.7 Å². The molecule has 0 aliphatic heterocycles. The van der Waals surface area contributed by atoms with Gasteiger partial charge < -0.3 is 9.47 Å². The average molecular weight is 202 g/mol. The highest BCUT2D eigenvalue weighted by atomic mass is 16.6. The number of carbonyl (C=O) groups is 3. The second kappa shape index (κ2) is 6.12. The zero-order valence-corrected chi connectivity index (χ0v) is 8.53. The molecule has 14 heavy (non-hydrogen) atoms. The summed E-state index contributed by atoms with van der Waals surface area (Å²) in [5.41, 5.74) is 0. The van der Waals surface area contributed by atoms with Crippen LogP contribution in [-0.2, 0) is 23.9 Å². The van der Waals surface area contributed by atoms with Gasteiger partial charge in [0.15, 0.2) is 6.10 Å². The van der Waals surface area contributed by atoms with Gasteiger partial charge in [0.1, 0.15) is 0 Å². The summed E-state index contributed by atoms with van der Waals surface area (Å²) >= 11 is 0. The minimum atomic E-state index is -1.03. The highest BCUT2D eigenvalue weighted by Crippen LogP contribution is 1.99. The molecule has 0 saturated heterocycles. The first-order valence-corrected chi connectivity index (χ1v) is 4.39. The third-order valence-electron chi connectivity index (χ3n) is 1.34. The second-order valence-corrected chi connectivity index (χ2v) is 2.79. The van der Waals surface area contributed by atoms with Crippen molar-refractivity contribution in [1.29, 1.82) is 0 Å². The minimum absolute atomic E-state index is 0.248. The van der Waals surface area contributed by atoms with Crippen molar-refractivity contribution in [2.45, 2.75) is 39.7 Å². The quantitative estimate of drug-likeness (QED) is 0.498. The summed E-state index contributed by atoms with van der Waals surface area (Å²) in [6.07, 6.45) is -0.136. The fraction of sp³-hybridized carbons (Fsp3) is 0.667. The van der Waals surface area contributed by atoms with Crippen LogP contribution in [0.25, 0.3) is 0 Å². The number of esters is 3. The lowest BCUT2D eigenvalue weighted by atomic mass is 10.3. The van der Waals surface area contributed by atoms with Gasteiger partial charge in [-0.1, -0.05) is 6.92 Å². The highest BCUT2D eigenvalue weighted by molar-refractivity contribution is 5.87. The van der Waals surface area contributed by atoms with E-state index in [4.69, 9.17) is 0 Å².